The van der Waals surface area contributed by atoms with Crippen molar-refractivity contribution >= 4 is 5.97 Å². The second-order valence-corrected chi connectivity index (χ2v) is 2.05. The van der Waals surface area contributed by atoms with Gasteiger partial charge < -0.3 is 9.15 Å². The van der Waals surface area contributed by atoms with Gasteiger partial charge in [0.1, 0.15) is 0 Å². The van der Waals surface area contributed by atoms with Crippen molar-refractivity contribution in [2.24, 2.45) is 0 Å². The van der Waals surface area contributed by atoms with Crippen LogP contribution >= 0.6 is 0 Å². The van der Waals surface area contributed by atoms with Gasteiger partial charge in [-0.2, -0.15) is 0 Å². The highest BCUT2D eigenvalue weighted by Gasteiger charge is 2.08. The zero-order valence-electron chi connectivity index (χ0n) is 6.57. The molecule has 0 radical (unpaired) electrons. The van der Waals surface area contributed by atoms with Crippen LogP contribution in [0.3, 0.4) is 0 Å². The molecular weight excluding hydrogens is 160 g/mol. The predicted octanol–water partition coefficient (Wildman–Crippen LogP) is 0.817. The molecule has 0 aliphatic heterocycles. The van der Waals surface area contributed by atoms with Gasteiger partial charge in [0.05, 0.1) is 12.9 Å². The van der Waals surface area contributed by atoms with Crippen molar-refractivity contribution in [2.75, 3.05) is 6.61 Å². The van der Waals surface area contributed by atoms with Gasteiger partial charge in [-0.1, -0.05) is 0 Å². The second-order valence-electron chi connectivity index (χ2n) is 2.05. The molecule has 0 fully saturated rings. The molecular formula is C8H8O4. The van der Waals surface area contributed by atoms with Crippen LogP contribution in [0.1, 0.15) is 17.5 Å². The van der Waals surface area contributed by atoms with Crippen LogP contribution in [0.25, 0.3) is 0 Å². The number of carbonyl (C=O) groups is 1. The Morgan fingerprint density at radius 1 is 1.67 bits per heavy atom. The smallest absolute Gasteiger partial charge is 0.374 e. The van der Waals surface area contributed by atoms with Gasteiger partial charge in [0.2, 0.25) is 5.76 Å². The molecule has 0 aliphatic carbocycles. The maximum absolute atomic E-state index is 10.9. The van der Waals surface area contributed by atoms with E-state index in [1.807, 2.05) is 0 Å². The van der Waals surface area contributed by atoms with Gasteiger partial charge in [0.15, 0.2) is 5.43 Å². The molecule has 0 unspecified atom stereocenters. The summed E-state index contributed by atoms with van der Waals surface area (Å²) < 4.78 is 9.36. The summed E-state index contributed by atoms with van der Waals surface area (Å²) in [5.41, 5.74) is -0.274. The summed E-state index contributed by atoms with van der Waals surface area (Å²) >= 11 is 0. The molecule has 0 saturated heterocycles. The number of rotatable bonds is 2. The van der Waals surface area contributed by atoms with E-state index in [4.69, 9.17) is 4.42 Å². The fourth-order valence-electron chi connectivity index (χ4n) is 0.695. The van der Waals surface area contributed by atoms with Crippen molar-refractivity contribution in [3.05, 3.63) is 34.4 Å². The van der Waals surface area contributed by atoms with Crippen LogP contribution in [-0.2, 0) is 4.74 Å². The van der Waals surface area contributed by atoms with Gasteiger partial charge in [-0.25, -0.2) is 4.79 Å². The standard InChI is InChI=1S/C8H8O4/c1-2-11-8(10)7-5-6(9)3-4-12-7/h3-5H,2H2,1H3. The van der Waals surface area contributed by atoms with Crippen LogP contribution in [0.5, 0.6) is 0 Å². The molecule has 0 bridgehead atoms. The van der Waals surface area contributed by atoms with E-state index in [-0.39, 0.29) is 17.8 Å². The van der Waals surface area contributed by atoms with E-state index in [0.29, 0.717) is 0 Å². The molecule has 4 heteroatoms. The van der Waals surface area contributed by atoms with Gasteiger partial charge in [0.25, 0.3) is 0 Å². The molecule has 0 aromatic carbocycles. The summed E-state index contributed by atoms with van der Waals surface area (Å²) in [4.78, 5) is 21.7. The number of hydrogen-bond donors (Lipinski definition) is 0. The molecule has 1 rings (SSSR count). The van der Waals surface area contributed by atoms with E-state index in [9.17, 15) is 9.59 Å². The maximum Gasteiger partial charge on any atom is 0.374 e. The maximum atomic E-state index is 10.9. The SMILES string of the molecule is CCOC(=O)c1cc(=O)cco1. The van der Waals surface area contributed by atoms with Crippen molar-refractivity contribution in [1.29, 1.82) is 0 Å². The first-order valence-corrected chi connectivity index (χ1v) is 3.50. The lowest BCUT2D eigenvalue weighted by Gasteiger charge is -1.97. The third-order valence-electron chi connectivity index (χ3n) is 1.18. The molecule has 0 saturated carbocycles. The average molecular weight is 168 g/mol. The normalized spacial score (nSPS) is 9.42. The highest BCUT2D eigenvalue weighted by Crippen LogP contribution is 1.96. The van der Waals surface area contributed by atoms with E-state index in [2.05, 4.69) is 4.74 Å². The molecule has 1 aromatic rings. The van der Waals surface area contributed by atoms with E-state index >= 15 is 0 Å². The number of hydrogen-bond acceptors (Lipinski definition) is 4. The summed E-state index contributed by atoms with van der Waals surface area (Å²) in [6.45, 7) is 1.94. The Hall–Kier alpha value is -1.58. The number of carbonyl (C=O) groups excluding carboxylic acids is 1. The lowest BCUT2D eigenvalue weighted by molar-refractivity contribution is 0.0487. The van der Waals surface area contributed by atoms with Crippen molar-refractivity contribution in [2.45, 2.75) is 6.92 Å². The molecule has 0 atom stereocenters. The summed E-state index contributed by atoms with van der Waals surface area (Å²) in [6.07, 6.45) is 1.16. The summed E-state index contributed by atoms with van der Waals surface area (Å²) in [5, 5.41) is 0. The Bertz CT molecular complexity index is 326. The van der Waals surface area contributed by atoms with Gasteiger partial charge in [-0.3, -0.25) is 4.79 Å². The van der Waals surface area contributed by atoms with Crippen LogP contribution in [-0.4, -0.2) is 12.6 Å². The van der Waals surface area contributed by atoms with Crippen LogP contribution in [0.2, 0.25) is 0 Å². The van der Waals surface area contributed by atoms with Crippen molar-refractivity contribution in [1.82, 2.24) is 0 Å². The van der Waals surface area contributed by atoms with Crippen LogP contribution < -0.4 is 5.43 Å². The quantitative estimate of drug-likeness (QED) is 0.613. The third-order valence-corrected chi connectivity index (χ3v) is 1.18. The second kappa shape index (κ2) is 3.71. The first-order valence-electron chi connectivity index (χ1n) is 3.50. The molecule has 1 heterocycles. The monoisotopic (exact) mass is 168 g/mol. The van der Waals surface area contributed by atoms with E-state index in [1.54, 1.807) is 6.92 Å². The predicted molar refractivity (Wildman–Crippen MR) is 40.9 cm³/mol. The Balaban J connectivity index is 2.88. The molecule has 0 N–H and O–H groups in total. The van der Waals surface area contributed by atoms with Crippen LogP contribution in [0, 0.1) is 0 Å². The fourth-order valence-corrected chi connectivity index (χ4v) is 0.695. The molecule has 0 aliphatic rings. The Labute approximate surface area is 68.8 Å². The summed E-state index contributed by atoms with van der Waals surface area (Å²) in [7, 11) is 0. The van der Waals surface area contributed by atoms with Crippen LogP contribution in [0.4, 0.5) is 0 Å². The lowest BCUT2D eigenvalue weighted by Crippen LogP contribution is -2.08. The van der Waals surface area contributed by atoms with E-state index in [0.717, 1.165) is 12.3 Å². The first-order chi connectivity index (χ1) is 5.74. The summed E-state index contributed by atoms with van der Waals surface area (Å²) in [6, 6.07) is 2.32. The fraction of sp³-hybridized carbons (Fsp3) is 0.250. The minimum Gasteiger partial charge on any atom is -0.460 e. The van der Waals surface area contributed by atoms with Crippen molar-refractivity contribution in [3.8, 4) is 0 Å². The summed E-state index contributed by atoms with van der Waals surface area (Å²) in [5.74, 6) is -0.681. The highest BCUT2D eigenvalue weighted by molar-refractivity contribution is 5.85. The average Bonchev–Trinajstić information content (AvgIpc) is 2.05. The highest BCUT2D eigenvalue weighted by atomic mass is 16.5. The first kappa shape index (κ1) is 8.52. The largest absolute Gasteiger partial charge is 0.460 e. The number of ether oxygens (including phenoxy) is 1. The molecule has 1 aromatic heterocycles. The minimum absolute atomic E-state index is 0.0654. The van der Waals surface area contributed by atoms with Gasteiger partial charge in [-0.15, -0.1) is 0 Å². The Kier molecular flexibility index (Phi) is 2.63. The molecule has 64 valence electrons. The van der Waals surface area contributed by atoms with Crippen LogP contribution in [0.15, 0.2) is 27.6 Å². The Morgan fingerprint density at radius 3 is 3.00 bits per heavy atom. The molecule has 4 nitrogen and oxygen atoms in total. The Morgan fingerprint density at radius 2 is 2.42 bits per heavy atom. The topological polar surface area (TPSA) is 56.5 Å². The minimum atomic E-state index is -0.616. The zero-order valence-corrected chi connectivity index (χ0v) is 6.57. The molecule has 0 amide bonds. The van der Waals surface area contributed by atoms with Gasteiger partial charge >= 0.3 is 5.97 Å². The lowest BCUT2D eigenvalue weighted by atomic mass is 10.4. The molecule has 12 heavy (non-hydrogen) atoms. The molecule has 0 spiro atoms. The van der Waals surface area contributed by atoms with Crippen molar-refractivity contribution in [3.63, 3.8) is 0 Å². The zero-order chi connectivity index (χ0) is 8.97. The van der Waals surface area contributed by atoms with E-state index in [1.165, 1.54) is 6.07 Å². The third kappa shape index (κ3) is 1.95. The van der Waals surface area contributed by atoms with Gasteiger partial charge in [-0.05, 0) is 6.92 Å². The number of esters is 1. The van der Waals surface area contributed by atoms with Crippen molar-refractivity contribution < 1.29 is 13.9 Å². The van der Waals surface area contributed by atoms with E-state index < -0.39 is 5.97 Å². The van der Waals surface area contributed by atoms with Gasteiger partial charge in [0, 0.05) is 12.1 Å².